The van der Waals surface area contributed by atoms with Crippen molar-refractivity contribution in [2.75, 3.05) is 5.73 Å². The van der Waals surface area contributed by atoms with Gasteiger partial charge < -0.3 is 10.3 Å². The third-order valence-electron chi connectivity index (χ3n) is 3.55. The van der Waals surface area contributed by atoms with Crippen molar-refractivity contribution in [1.82, 2.24) is 9.55 Å². The van der Waals surface area contributed by atoms with E-state index >= 15 is 0 Å². The molecule has 0 saturated carbocycles. The van der Waals surface area contributed by atoms with E-state index in [9.17, 15) is 4.39 Å². The number of hydrogen-bond donors (Lipinski definition) is 1. The summed E-state index contributed by atoms with van der Waals surface area (Å²) in [5.41, 5.74) is 9.33. The SMILES string of the molecule is Cn1c(CCc2ccc(N)cc2)nc2ccc(F)cc21. The topological polar surface area (TPSA) is 43.8 Å². The second-order valence-corrected chi connectivity index (χ2v) is 4.96. The molecule has 3 aromatic rings. The average molecular weight is 269 g/mol. The van der Waals surface area contributed by atoms with E-state index in [1.165, 1.54) is 17.7 Å². The van der Waals surface area contributed by atoms with Gasteiger partial charge in [0.15, 0.2) is 0 Å². The van der Waals surface area contributed by atoms with Crippen molar-refractivity contribution in [3.63, 3.8) is 0 Å². The van der Waals surface area contributed by atoms with Crippen molar-refractivity contribution in [3.8, 4) is 0 Å². The standard InChI is InChI=1S/C16H16FN3/c1-20-15-10-12(17)5-8-14(15)19-16(20)9-4-11-2-6-13(18)7-3-11/h2-3,5-8,10H,4,9,18H2,1H3. The van der Waals surface area contributed by atoms with Crippen LogP contribution in [0.15, 0.2) is 42.5 Å². The second kappa shape index (κ2) is 4.96. The molecule has 4 heteroatoms. The first-order valence-corrected chi connectivity index (χ1v) is 6.59. The summed E-state index contributed by atoms with van der Waals surface area (Å²) in [7, 11) is 1.92. The summed E-state index contributed by atoms with van der Waals surface area (Å²) in [6.45, 7) is 0. The van der Waals surface area contributed by atoms with E-state index in [0.717, 1.165) is 35.4 Å². The Morgan fingerprint density at radius 2 is 1.85 bits per heavy atom. The third kappa shape index (κ3) is 2.37. The molecule has 20 heavy (non-hydrogen) atoms. The molecule has 0 bridgehead atoms. The molecule has 0 aliphatic heterocycles. The molecule has 0 saturated heterocycles. The summed E-state index contributed by atoms with van der Waals surface area (Å²) < 4.78 is 15.2. The van der Waals surface area contributed by atoms with Crippen molar-refractivity contribution in [2.45, 2.75) is 12.8 Å². The van der Waals surface area contributed by atoms with Crippen LogP contribution < -0.4 is 5.73 Å². The summed E-state index contributed by atoms with van der Waals surface area (Å²) in [6, 6.07) is 12.5. The number of rotatable bonds is 3. The predicted molar refractivity (Wildman–Crippen MR) is 78.9 cm³/mol. The third-order valence-corrected chi connectivity index (χ3v) is 3.55. The Morgan fingerprint density at radius 1 is 1.10 bits per heavy atom. The van der Waals surface area contributed by atoms with Gasteiger partial charge in [-0.25, -0.2) is 9.37 Å². The van der Waals surface area contributed by atoms with Gasteiger partial charge in [0.05, 0.1) is 11.0 Å². The van der Waals surface area contributed by atoms with Gasteiger partial charge in [-0.1, -0.05) is 12.1 Å². The van der Waals surface area contributed by atoms with Crippen LogP contribution in [0.25, 0.3) is 11.0 Å². The number of benzene rings is 2. The average Bonchev–Trinajstić information content (AvgIpc) is 2.75. The zero-order chi connectivity index (χ0) is 14.1. The molecule has 0 fully saturated rings. The fraction of sp³-hybridized carbons (Fsp3) is 0.188. The van der Waals surface area contributed by atoms with Crippen LogP contribution in [0.1, 0.15) is 11.4 Å². The van der Waals surface area contributed by atoms with Gasteiger partial charge in [-0.15, -0.1) is 0 Å². The van der Waals surface area contributed by atoms with Crippen LogP contribution >= 0.6 is 0 Å². The summed E-state index contributed by atoms with van der Waals surface area (Å²) >= 11 is 0. The van der Waals surface area contributed by atoms with E-state index in [1.807, 2.05) is 35.9 Å². The molecule has 2 N–H and O–H groups in total. The van der Waals surface area contributed by atoms with Gasteiger partial charge in [0, 0.05) is 19.2 Å². The van der Waals surface area contributed by atoms with E-state index in [0.29, 0.717) is 0 Å². The largest absolute Gasteiger partial charge is 0.399 e. The van der Waals surface area contributed by atoms with E-state index < -0.39 is 0 Å². The molecule has 0 aliphatic carbocycles. The predicted octanol–water partition coefficient (Wildman–Crippen LogP) is 3.08. The van der Waals surface area contributed by atoms with Crippen molar-refractivity contribution >= 4 is 16.7 Å². The van der Waals surface area contributed by atoms with Gasteiger partial charge in [-0.2, -0.15) is 0 Å². The molecule has 3 nitrogen and oxygen atoms in total. The van der Waals surface area contributed by atoms with Gasteiger partial charge in [-0.05, 0) is 42.3 Å². The van der Waals surface area contributed by atoms with Crippen LogP contribution in [-0.2, 0) is 19.9 Å². The summed E-state index contributed by atoms with van der Waals surface area (Å²) in [5.74, 6) is 0.730. The minimum Gasteiger partial charge on any atom is -0.399 e. The number of anilines is 1. The number of hydrogen-bond acceptors (Lipinski definition) is 2. The van der Waals surface area contributed by atoms with Gasteiger partial charge in [-0.3, -0.25) is 0 Å². The quantitative estimate of drug-likeness (QED) is 0.743. The summed E-state index contributed by atoms with van der Waals surface area (Å²) in [6.07, 6.45) is 1.71. The number of nitrogens with zero attached hydrogens (tertiary/aromatic N) is 2. The molecule has 102 valence electrons. The maximum atomic E-state index is 13.3. The van der Waals surface area contributed by atoms with Crippen LogP contribution in [0.2, 0.25) is 0 Å². The van der Waals surface area contributed by atoms with Crippen LogP contribution in [0, 0.1) is 5.82 Å². The van der Waals surface area contributed by atoms with Crippen molar-refractivity contribution in [1.29, 1.82) is 0 Å². The van der Waals surface area contributed by atoms with Crippen molar-refractivity contribution in [3.05, 3.63) is 59.7 Å². The van der Waals surface area contributed by atoms with E-state index in [2.05, 4.69) is 4.98 Å². The lowest BCUT2D eigenvalue weighted by Crippen LogP contribution is -2.00. The Balaban J connectivity index is 1.84. The summed E-state index contributed by atoms with van der Waals surface area (Å²) in [4.78, 5) is 4.56. The lowest BCUT2D eigenvalue weighted by molar-refractivity contribution is 0.628. The van der Waals surface area contributed by atoms with Gasteiger partial charge in [0.1, 0.15) is 11.6 Å². The number of halogens is 1. The number of nitrogen functional groups attached to an aromatic ring is 1. The number of aromatic nitrogens is 2. The Kier molecular flexibility index (Phi) is 3.14. The second-order valence-electron chi connectivity index (χ2n) is 4.96. The molecule has 0 amide bonds. The number of imidazole rings is 1. The molecule has 0 radical (unpaired) electrons. The van der Waals surface area contributed by atoms with Crippen LogP contribution in [0.3, 0.4) is 0 Å². The molecular formula is C16H16FN3. The van der Waals surface area contributed by atoms with Crippen molar-refractivity contribution in [2.24, 2.45) is 7.05 Å². The molecule has 0 unspecified atom stereocenters. The molecular weight excluding hydrogens is 253 g/mol. The molecule has 0 atom stereocenters. The van der Waals surface area contributed by atoms with E-state index in [4.69, 9.17) is 5.73 Å². The lowest BCUT2D eigenvalue weighted by Gasteiger charge is -2.03. The monoisotopic (exact) mass is 269 g/mol. The van der Waals surface area contributed by atoms with Crippen molar-refractivity contribution < 1.29 is 4.39 Å². The minimum absolute atomic E-state index is 0.231. The molecule has 2 aromatic carbocycles. The molecule has 1 heterocycles. The summed E-state index contributed by atoms with van der Waals surface area (Å²) in [5, 5.41) is 0. The number of fused-ring (bicyclic) bond motifs is 1. The normalized spacial score (nSPS) is 11.1. The first-order valence-electron chi connectivity index (χ1n) is 6.59. The highest BCUT2D eigenvalue weighted by Gasteiger charge is 2.08. The fourth-order valence-electron chi connectivity index (χ4n) is 2.38. The Bertz CT molecular complexity index is 744. The van der Waals surface area contributed by atoms with Crippen LogP contribution in [0.4, 0.5) is 10.1 Å². The van der Waals surface area contributed by atoms with Crippen LogP contribution in [0.5, 0.6) is 0 Å². The maximum absolute atomic E-state index is 13.3. The fourth-order valence-corrected chi connectivity index (χ4v) is 2.38. The maximum Gasteiger partial charge on any atom is 0.125 e. The Hall–Kier alpha value is -2.36. The van der Waals surface area contributed by atoms with E-state index in [-0.39, 0.29) is 5.82 Å². The van der Waals surface area contributed by atoms with E-state index in [1.54, 1.807) is 6.07 Å². The molecule has 0 aliphatic rings. The lowest BCUT2D eigenvalue weighted by atomic mass is 10.1. The zero-order valence-electron chi connectivity index (χ0n) is 11.3. The Labute approximate surface area is 116 Å². The Morgan fingerprint density at radius 3 is 2.60 bits per heavy atom. The smallest absolute Gasteiger partial charge is 0.125 e. The first kappa shape index (κ1) is 12.7. The molecule has 0 spiro atoms. The zero-order valence-corrected chi connectivity index (χ0v) is 11.3. The number of aryl methyl sites for hydroxylation is 3. The van der Waals surface area contributed by atoms with Gasteiger partial charge >= 0.3 is 0 Å². The highest BCUT2D eigenvalue weighted by molar-refractivity contribution is 5.75. The highest BCUT2D eigenvalue weighted by atomic mass is 19.1. The molecule has 3 rings (SSSR count). The van der Waals surface area contributed by atoms with Gasteiger partial charge in [0.25, 0.3) is 0 Å². The first-order chi connectivity index (χ1) is 9.63. The molecule has 1 aromatic heterocycles. The van der Waals surface area contributed by atoms with Crippen LogP contribution in [-0.4, -0.2) is 9.55 Å². The number of nitrogens with two attached hydrogens (primary N) is 1. The van der Waals surface area contributed by atoms with Gasteiger partial charge in [0.2, 0.25) is 0 Å². The minimum atomic E-state index is -0.231. The highest BCUT2D eigenvalue weighted by Crippen LogP contribution is 2.17.